The van der Waals surface area contributed by atoms with Crippen molar-refractivity contribution in [2.45, 2.75) is 56.2 Å². The van der Waals surface area contributed by atoms with Crippen molar-refractivity contribution in [2.75, 3.05) is 6.54 Å². The molecule has 1 N–H and O–H groups in total. The normalized spacial score (nSPS) is 26.1. The summed E-state index contributed by atoms with van der Waals surface area (Å²) in [5.74, 6) is 0.785. The molecule has 0 radical (unpaired) electrons. The van der Waals surface area contributed by atoms with E-state index in [1.807, 2.05) is 0 Å². The number of carbonyl (C=O) groups is 1. The third-order valence-corrected chi connectivity index (χ3v) is 6.56. The molecule has 2 aliphatic rings. The fourth-order valence-corrected chi connectivity index (χ4v) is 5.36. The van der Waals surface area contributed by atoms with Gasteiger partial charge in [-0.2, -0.15) is 0 Å². The molecule has 2 atom stereocenters. The van der Waals surface area contributed by atoms with Crippen LogP contribution in [0.3, 0.4) is 0 Å². The summed E-state index contributed by atoms with van der Waals surface area (Å²) in [6.07, 6.45) is 9.90. The number of rotatable bonds is 3. The van der Waals surface area contributed by atoms with Crippen LogP contribution in [0, 0.1) is 5.92 Å². The van der Waals surface area contributed by atoms with Gasteiger partial charge in [0.1, 0.15) is 0 Å². The van der Waals surface area contributed by atoms with Gasteiger partial charge in [-0.15, -0.1) is 11.3 Å². The summed E-state index contributed by atoms with van der Waals surface area (Å²) in [6, 6.07) is 2.13. The summed E-state index contributed by atoms with van der Waals surface area (Å²) in [5, 5.41) is 3.15. The third-order valence-electron chi connectivity index (χ3n) is 4.49. The van der Waals surface area contributed by atoms with Crippen LogP contribution in [0.4, 0.5) is 0 Å². The Hall–Kier alpha value is -0.350. The smallest absolute Gasteiger partial charge is 0.261 e. The number of amides is 1. The van der Waals surface area contributed by atoms with Crippen molar-refractivity contribution in [3.05, 3.63) is 21.4 Å². The average molecular weight is 356 g/mol. The second-order valence-corrected chi connectivity index (χ2v) is 8.54. The Kier molecular flexibility index (Phi) is 4.82. The van der Waals surface area contributed by atoms with Gasteiger partial charge in [-0.3, -0.25) is 4.79 Å². The van der Waals surface area contributed by atoms with Gasteiger partial charge in [-0.05, 0) is 62.5 Å². The van der Waals surface area contributed by atoms with Crippen molar-refractivity contribution in [3.63, 3.8) is 0 Å². The summed E-state index contributed by atoms with van der Waals surface area (Å²) in [7, 11) is 0. The minimum absolute atomic E-state index is 0.140. The number of fused-ring (bicyclic) bond motifs is 1. The van der Waals surface area contributed by atoms with Crippen LogP contribution in [-0.4, -0.2) is 17.3 Å². The average Bonchev–Trinajstić information content (AvgIpc) is 2.89. The fourth-order valence-electron chi connectivity index (χ4n) is 3.34. The second-order valence-electron chi connectivity index (χ2n) is 6.11. The van der Waals surface area contributed by atoms with E-state index in [2.05, 4.69) is 27.3 Å². The van der Waals surface area contributed by atoms with Gasteiger partial charge < -0.3 is 5.32 Å². The van der Waals surface area contributed by atoms with Gasteiger partial charge in [0.25, 0.3) is 5.91 Å². The zero-order valence-electron chi connectivity index (χ0n) is 11.8. The molecule has 110 valence electrons. The highest BCUT2D eigenvalue weighted by Gasteiger charge is 2.22. The van der Waals surface area contributed by atoms with E-state index in [1.54, 1.807) is 11.3 Å². The molecule has 0 aliphatic heterocycles. The highest BCUT2D eigenvalue weighted by atomic mass is 79.9. The first-order valence-electron chi connectivity index (χ1n) is 7.76. The SMILES string of the molecule is O=C(NCC1CCCC(Br)C1)c1cc2c(s1)CCCC2. The Morgan fingerprint density at radius 3 is 2.95 bits per heavy atom. The van der Waals surface area contributed by atoms with Crippen LogP contribution < -0.4 is 5.32 Å². The van der Waals surface area contributed by atoms with E-state index < -0.39 is 0 Å². The van der Waals surface area contributed by atoms with Crippen LogP contribution in [0.15, 0.2) is 6.07 Å². The lowest BCUT2D eigenvalue weighted by Gasteiger charge is -2.25. The Labute approximate surface area is 133 Å². The van der Waals surface area contributed by atoms with E-state index in [0.29, 0.717) is 10.7 Å². The van der Waals surface area contributed by atoms with E-state index in [0.717, 1.165) is 17.8 Å². The molecule has 0 saturated heterocycles. The van der Waals surface area contributed by atoms with E-state index >= 15 is 0 Å². The van der Waals surface area contributed by atoms with Crippen LogP contribution in [0.5, 0.6) is 0 Å². The molecular weight excluding hydrogens is 334 g/mol. The standard InChI is InChI=1S/C16H22BrNOS/c17-13-6-3-4-11(8-13)10-18-16(19)15-9-12-5-1-2-7-14(12)20-15/h9,11,13H,1-8,10H2,(H,18,19). The largest absolute Gasteiger partial charge is 0.351 e. The summed E-state index contributed by atoms with van der Waals surface area (Å²) in [6.45, 7) is 0.837. The predicted molar refractivity (Wildman–Crippen MR) is 88.0 cm³/mol. The van der Waals surface area contributed by atoms with Crippen molar-refractivity contribution in [2.24, 2.45) is 5.92 Å². The van der Waals surface area contributed by atoms with Crippen molar-refractivity contribution in [3.8, 4) is 0 Å². The van der Waals surface area contributed by atoms with Gasteiger partial charge >= 0.3 is 0 Å². The van der Waals surface area contributed by atoms with Crippen LogP contribution in [0.1, 0.15) is 58.6 Å². The van der Waals surface area contributed by atoms with Crippen molar-refractivity contribution in [1.82, 2.24) is 5.32 Å². The Morgan fingerprint density at radius 1 is 1.30 bits per heavy atom. The van der Waals surface area contributed by atoms with Crippen molar-refractivity contribution >= 4 is 33.2 Å². The van der Waals surface area contributed by atoms with Gasteiger partial charge in [0.15, 0.2) is 0 Å². The maximum atomic E-state index is 12.3. The second kappa shape index (κ2) is 6.61. The van der Waals surface area contributed by atoms with Gasteiger partial charge in [-0.25, -0.2) is 0 Å². The number of hydrogen-bond donors (Lipinski definition) is 1. The van der Waals surface area contributed by atoms with Gasteiger partial charge in [-0.1, -0.05) is 22.4 Å². The van der Waals surface area contributed by atoms with Crippen LogP contribution in [0.2, 0.25) is 0 Å². The molecule has 2 unspecified atom stereocenters. The van der Waals surface area contributed by atoms with Crippen molar-refractivity contribution < 1.29 is 4.79 Å². The molecule has 1 aromatic heterocycles. The molecule has 1 fully saturated rings. The number of carbonyl (C=O) groups excluding carboxylic acids is 1. The highest BCUT2D eigenvalue weighted by molar-refractivity contribution is 9.09. The van der Waals surface area contributed by atoms with Gasteiger partial charge in [0.2, 0.25) is 0 Å². The van der Waals surface area contributed by atoms with E-state index in [4.69, 9.17) is 0 Å². The van der Waals surface area contributed by atoms with Gasteiger partial charge in [0.05, 0.1) is 4.88 Å². The molecule has 4 heteroatoms. The lowest BCUT2D eigenvalue weighted by atomic mass is 9.89. The molecule has 2 nitrogen and oxygen atoms in total. The first-order chi connectivity index (χ1) is 9.72. The van der Waals surface area contributed by atoms with Gasteiger partial charge in [0, 0.05) is 16.2 Å². The zero-order valence-corrected chi connectivity index (χ0v) is 14.2. The molecule has 1 saturated carbocycles. The number of aryl methyl sites for hydroxylation is 2. The monoisotopic (exact) mass is 355 g/mol. The maximum Gasteiger partial charge on any atom is 0.261 e. The zero-order chi connectivity index (χ0) is 13.9. The molecular formula is C16H22BrNOS. The molecule has 1 amide bonds. The molecule has 0 spiro atoms. The Morgan fingerprint density at radius 2 is 2.15 bits per heavy atom. The first kappa shape index (κ1) is 14.6. The van der Waals surface area contributed by atoms with Crippen molar-refractivity contribution in [1.29, 1.82) is 0 Å². The minimum atomic E-state index is 0.140. The van der Waals surface area contributed by atoms with Crippen LogP contribution >= 0.6 is 27.3 Å². The summed E-state index contributed by atoms with van der Waals surface area (Å²) < 4.78 is 0. The Balaban J connectivity index is 1.55. The topological polar surface area (TPSA) is 29.1 Å². The lowest BCUT2D eigenvalue weighted by molar-refractivity contribution is 0.0948. The molecule has 0 bridgehead atoms. The predicted octanol–water partition coefficient (Wildman–Crippen LogP) is 4.31. The van der Waals surface area contributed by atoms with E-state index in [-0.39, 0.29) is 5.91 Å². The maximum absolute atomic E-state index is 12.3. The summed E-state index contributed by atoms with van der Waals surface area (Å²) in [4.78, 5) is 15.3. The van der Waals surface area contributed by atoms with E-state index in [9.17, 15) is 4.79 Å². The minimum Gasteiger partial charge on any atom is -0.351 e. The number of alkyl halides is 1. The molecule has 1 heterocycles. The fraction of sp³-hybridized carbons (Fsp3) is 0.688. The summed E-state index contributed by atoms with van der Waals surface area (Å²) >= 11 is 5.42. The molecule has 0 aromatic carbocycles. The summed E-state index contributed by atoms with van der Waals surface area (Å²) in [5.41, 5.74) is 1.42. The first-order valence-corrected chi connectivity index (χ1v) is 9.49. The number of halogens is 1. The highest BCUT2D eigenvalue weighted by Crippen LogP contribution is 2.30. The molecule has 1 aromatic rings. The Bertz CT molecular complexity index is 461. The van der Waals surface area contributed by atoms with Crippen LogP contribution in [0.25, 0.3) is 0 Å². The molecule has 2 aliphatic carbocycles. The lowest BCUT2D eigenvalue weighted by Crippen LogP contribution is -2.31. The molecule has 20 heavy (non-hydrogen) atoms. The quantitative estimate of drug-likeness (QED) is 0.804. The molecule has 3 rings (SSSR count). The van der Waals surface area contributed by atoms with E-state index in [1.165, 1.54) is 55.4 Å². The third kappa shape index (κ3) is 3.45. The van der Waals surface area contributed by atoms with Crippen LogP contribution in [-0.2, 0) is 12.8 Å². The number of nitrogens with one attached hydrogen (secondary N) is 1. The number of hydrogen-bond acceptors (Lipinski definition) is 2. The number of thiophene rings is 1.